The summed E-state index contributed by atoms with van der Waals surface area (Å²) >= 11 is 9.83. The highest BCUT2D eigenvalue weighted by atomic mass is 79.9. The minimum absolute atomic E-state index is 0.554. The molecule has 2 aliphatic carbocycles. The third-order valence-electron chi connectivity index (χ3n) is 4.91. The van der Waals surface area contributed by atoms with Crippen LogP contribution >= 0.6 is 27.5 Å². The van der Waals surface area contributed by atoms with E-state index in [0.717, 1.165) is 33.1 Å². The SMILES string of the molecule is Clc1cc(NCc2cn3cc(C4CC4)cc(Br)c3n2)cc(C2CC2)n1. The summed E-state index contributed by atoms with van der Waals surface area (Å²) in [5.74, 6) is 1.32. The molecule has 2 saturated carbocycles. The van der Waals surface area contributed by atoms with E-state index in [1.165, 1.54) is 31.2 Å². The summed E-state index contributed by atoms with van der Waals surface area (Å²) in [5, 5.41) is 3.99. The van der Waals surface area contributed by atoms with Crippen LogP contribution < -0.4 is 5.32 Å². The molecule has 6 heteroatoms. The Bertz CT molecular complexity index is 959. The maximum atomic E-state index is 6.16. The molecular weight excluding hydrogens is 400 g/mol. The molecule has 1 N–H and O–H groups in total. The van der Waals surface area contributed by atoms with E-state index in [4.69, 9.17) is 16.6 Å². The quantitative estimate of drug-likeness (QED) is 0.556. The number of rotatable bonds is 5. The molecule has 0 atom stereocenters. The predicted molar refractivity (Wildman–Crippen MR) is 103 cm³/mol. The van der Waals surface area contributed by atoms with Gasteiger partial charge in [0.2, 0.25) is 0 Å². The van der Waals surface area contributed by atoms with E-state index >= 15 is 0 Å². The first-order chi connectivity index (χ1) is 12.2. The Kier molecular flexibility index (Phi) is 3.75. The largest absolute Gasteiger partial charge is 0.379 e. The van der Waals surface area contributed by atoms with Gasteiger partial charge in [-0.2, -0.15) is 0 Å². The van der Waals surface area contributed by atoms with Gasteiger partial charge in [-0.05, 0) is 71.3 Å². The Hall–Kier alpha value is -1.59. The first-order valence-electron chi connectivity index (χ1n) is 8.74. The second-order valence-corrected chi connectivity index (χ2v) is 8.33. The van der Waals surface area contributed by atoms with Crippen molar-refractivity contribution in [2.75, 3.05) is 5.32 Å². The molecule has 3 aromatic heterocycles. The van der Waals surface area contributed by atoms with E-state index in [1.807, 2.05) is 6.07 Å². The second kappa shape index (κ2) is 5.99. The summed E-state index contributed by atoms with van der Waals surface area (Å²) in [5.41, 5.74) is 5.48. The number of hydrogen-bond acceptors (Lipinski definition) is 3. The topological polar surface area (TPSA) is 42.2 Å². The number of fused-ring (bicyclic) bond motifs is 1. The van der Waals surface area contributed by atoms with Gasteiger partial charge in [0.05, 0.1) is 16.7 Å². The van der Waals surface area contributed by atoms with Crippen LogP contribution in [-0.2, 0) is 6.54 Å². The zero-order valence-electron chi connectivity index (χ0n) is 13.7. The van der Waals surface area contributed by atoms with Crippen molar-refractivity contribution < 1.29 is 0 Å². The number of pyridine rings is 2. The molecule has 25 heavy (non-hydrogen) atoms. The van der Waals surface area contributed by atoms with Crippen molar-refractivity contribution >= 4 is 38.9 Å². The number of imidazole rings is 1. The van der Waals surface area contributed by atoms with Crippen LogP contribution in [0.4, 0.5) is 5.69 Å². The van der Waals surface area contributed by atoms with E-state index in [0.29, 0.717) is 17.6 Å². The Morgan fingerprint density at radius 2 is 1.88 bits per heavy atom. The van der Waals surface area contributed by atoms with Gasteiger partial charge in [0.1, 0.15) is 5.15 Å². The van der Waals surface area contributed by atoms with Crippen molar-refractivity contribution in [3.05, 3.63) is 57.2 Å². The van der Waals surface area contributed by atoms with Gasteiger partial charge in [0.25, 0.3) is 0 Å². The molecule has 0 aliphatic heterocycles. The first-order valence-corrected chi connectivity index (χ1v) is 9.91. The van der Waals surface area contributed by atoms with Gasteiger partial charge < -0.3 is 9.72 Å². The number of aromatic nitrogens is 3. The normalized spacial score (nSPS) is 17.2. The Morgan fingerprint density at radius 1 is 1.08 bits per heavy atom. The average Bonchev–Trinajstić information content (AvgIpc) is 3.48. The lowest BCUT2D eigenvalue weighted by Crippen LogP contribution is -2.01. The summed E-state index contributed by atoms with van der Waals surface area (Å²) in [7, 11) is 0. The smallest absolute Gasteiger partial charge is 0.151 e. The molecule has 128 valence electrons. The van der Waals surface area contributed by atoms with E-state index in [-0.39, 0.29) is 0 Å². The Morgan fingerprint density at radius 3 is 2.64 bits per heavy atom. The van der Waals surface area contributed by atoms with Crippen LogP contribution in [0.5, 0.6) is 0 Å². The molecule has 2 aliphatic rings. The van der Waals surface area contributed by atoms with Gasteiger partial charge in [-0.3, -0.25) is 0 Å². The fourth-order valence-corrected chi connectivity index (χ4v) is 4.03. The summed E-state index contributed by atoms with van der Waals surface area (Å²) < 4.78 is 3.19. The van der Waals surface area contributed by atoms with Crippen molar-refractivity contribution in [1.82, 2.24) is 14.4 Å². The highest BCUT2D eigenvalue weighted by molar-refractivity contribution is 9.10. The molecular formula is C19H18BrClN4. The van der Waals surface area contributed by atoms with Crippen molar-refractivity contribution in [3.63, 3.8) is 0 Å². The van der Waals surface area contributed by atoms with Crippen LogP contribution in [-0.4, -0.2) is 14.4 Å². The zero-order valence-corrected chi connectivity index (χ0v) is 16.0. The number of halogens is 2. The molecule has 0 aromatic carbocycles. The summed E-state index contributed by atoms with van der Waals surface area (Å²) in [6, 6.07) is 6.20. The molecule has 2 fully saturated rings. The van der Waals surface area contributed by atoms with Crippen molar-refractivity contribution in [3.8, 4) is 0 Å². The van der Waals surface area contributed by atoms with Crippen molar-refractivity contribution in [2.24, 2.45) is 0 Å². The van der Waals surface area contributed by atoms with Crippen LogP contribution in [0.2, 0.25) is 5.15 Å². The van der Waals surface area contributed by atoms with Crippen LogP contribution in [0.3, 0.4) is 0 Å². The van der Waals surface area contributed by atoms with Gasteiger partial charge >= 0.3 is 0 Å². The summed E-state index contributed by atoms with van der Waals surface area (Å²) in [6.07, 6.45) is 9.35. The van der Waals surface area contributed by atoms with E-state index in [2.05, 4.69) is 55.2 Å². The second-order valence-electron chi connectivity index (χ2n) is 7.09. The number of nitrogens with one attached hydrogen (secondary N) is 1. The van der Waals surface area contributed by atoms with Crippen LogP contribution in [0.25, 0.3) is 5.65 Å². The highest BCUT2D eigenvalue weighted by Crippen LogP contribution is 2.41. The molecule has 0 unspecified atom stereocenters. The minimum Gasteiger partial charge on any atom is -0.379 e. The van der Waals surface area contributed by atoms with Crippen LogP contribution in [0.1, 0.15) is 54.5 Å². The number of hydrogen-bond donors (Lipinski definition) is 1. The van der Waals surface area contributed by atoms with Gasteiger partial charge in [-0.1, -0.05) is 11.6 Å². The van der Waals surface area contributed by atoms with Gasteiger partial charge in [0.15, 0.2) is 5.65 Å². The monoisotopic (exact) mass is 416 g/mol. The van der Waals surface area contributed by atoms with Crippen molar-refractivity contribution in [2.45, 2.75) is 44.1 Å². The highest BCUT2D eigenvalue weighted by Gasteiger charge is 2.26. The average molecular weight is 418 g/mol. The molecule has 3 aromatic rings. The third-order valence-corrected chi connectivity index (χ3v) is 5.69. The lowest BCUT2D eigenvalue weighted by molar-refractivity contribution is 1.01. The fraction of sp³-hybridized carbons (Fsp3) is 0.368. The van der Waals surface area contributed by atoms with E-state index in [9.17, 15) is 0 Å². The summed E-state index contributed by atoms with van der Waals surface area (Å²) in [6.45, 7) is 0.664. The number of anilines is 1. The Balaban J connectivity index is 1.38. The Labute approximate surface area is 159 Å². The third kappa shape index (κ3) is 3.27. The molecule has 0 saturated heterocycles. The van der Waals surface area contributed by atoms with Crippen molar-refractivity contribution in [1.29, 1.82) is 0 Å². The molecule has 5 rings (SSSR count). The van der Waals surface area contributed by atoms with Gasteiger partial charge in [-0.15, -0.1) is 0 Å². The maximum absolute atomic E-state index is 6.16. The molecule has 0 amide bonds. The fourth-order valence-electron chi connectivity index (χ4n) is 3.25. The lowest BCUT2D eigenvalue weighted by atomic mass is 10.2. The molecule has 4 nitrogen and oxygen atoms in total. The zero-order chi connectivity index (χ0) is 17.0. The van der Waals surface area contributed by atoms with Gasteiger partial charge in [0, 0.05) is 29.7 Å². The van der Waals surface area contributed by atoms with E-state index in [1.54, 1.807) is 0 Å². The lowest BCUT2D eigenvalue weighted by Gasteiger charge is -2.07. The molecule has 0 radical (unpaired) electrons. The van der Waals surface area contributed by atoms with E-state index < -0.39 is 0 Å². The molecule has 0 spiro atoms. The maximum Gasteiger partial charge on any atom is 0.151 e. The number of nitrogens with zero attached hydrogens (tertiary/aromatic N) is 3. The van der Waals surface area contributed by atoms with Crippen LogP contribution in [0, 0.1) is 0 Å². The molecule has 3 heterocycles. The van der Waals surface area contributed by atoms with Crippen LogP contribution in [0.15, 0.2) is 35.1 Å². The first kappa shape index (κ1) is 15.6. The van der Waals surface area contributed by atoms with Gasteiger partial charge in [-0.25, -0.2) is 9.97 Å². The summed E-state index contributed by atoms with van der Waals surface area (Å²) in [4.78, 5) is 9.17. The predicted octanol–water partition coefficient (Wildman–Crippen LogP) is 5.51. The minimum atomic E-state index is 0.554. The standard InChI is InChI=1S/C19H18BrClN4/c20-16-5-13(11-1-2-11)9-25-10-15(23-19(16)25)8-22-14-6-17(12-3-4-12)24-18(21)7-14/h5-7,9-12H,1-4,8H2,(H,22,24). The molecule has 0 bridgehead atoms.